The van der Waals surface area contributed by atoms with E-state index in [0.717, 1.165) is 13.0 Å². The van der Waals surface area contributed by atoms with E-state index in [9.17, 15) is 18.5 Å². The highest BCUT2D eigenvalue weighted by Gasteiger charge is 2.34. The van der Waals surface area contributed by atoms with Gasteiger partial charge in [0.25, 0.3) is 0 Å². The summed E-state index contributed by atoms with van der Waals surface area (Å²) in [4.78, 5) is 14.1. The van der Waals surface area contributed by atoms with Crippen molar-refractivity contribution < 1.29 is 18.1 Å². The summed E-state index contributed by atoms with van der Waals surface area (Å²) >= 11 is 0. The van der Waals surface area contributed by atoms with Gasteiger partial charge in [-0.25, -0.2) is 8.42 Å². The highest BCUT2D eigenvalue weighted by Crippen LogP contribution is 2.25. The number of hydrogen-bond donors (Lipinski definition) is 2. The van der Waals surface area contributed by atoms with Gasteiger partial charge in [0.15, 0.2) is 0 Å². The number of amides is 1. The van der Waals surface area contributed by atoms with Crippen LogP contribution in [0.25, 0.3) is 0 Å². The van der Waals surface area contributed by atoms with Gasteiger partial charge < -0.3 is 10.2 Å². The van der Waals surface area contributed by atoms with E-state index < -0.39 is 10.0 Å². The minimum absolute atomic E-state index is 0.0387. The topological polar surface area (TPSA) is 94.7 Å². The second-order valence-electron chi connectivity index (χ2n) is 7.63. The Morgan fingerprint density at radius 3 is 2.68 bits per heavy atom. The van der Waals surface area contributed by atoms with Crippen molar-refractivity contribution >= 4 is 15.9 Å². The van der Waals surface area contributed by atoms with Crippen LogP contribution in [0.3, 0.4) is 0 Å². The Morgan fingerprint density at radius 1 is 1.29 bits per heavy atom. The smallest absolute Gasteiger partial charge is 0.244 e. The molecular formula is C20H29N4O3S+. The number of carbonyl (C=O) groups is 1. The Labute approximate surface area is 167 Å². The molecule has 152 valence electrons. The van der Waals surface area contributed by atoms with Crippen LogP contribution in [0.4, 0.5) is 0 Å². The molecular weight excluding hydrogens is 376 g/mol. The number of benzene rings is 1. The van der Waals surface area contributed by atoms with Gasteiger partial charge in [-0.1, -0.05) is 12.1 Å². The molecule has 1 amide bonds. The van der Waals surface area contributed by atoms with Crippen LogP contribution in [-0.4, -0.2) is 57.4 Å². The Balaban J connectivity index is 1.55. The van der Waals surface area contributed by atoms with E-state index in [2.05, 4.69) is 12.2 Å². The fourth-order valence-corrected chi connectivity index (χ4v) is 5.96. The van der Waals surface area contributed by atoms with Crippen molar-refractivity contribution in [1.29, 1.82) is 5.26 Å². The van der Waals surface area contributed by atoms with E-state index in [-0.39, 0.29) is 22.3 Å². The first-order valence-electron chi connectivity index (χ1n) is 10.1. The number of likely N-dealkylation sites (tertiary alicyclic amines) is 1. The number of sulfonamides is 1. The van der Waals surface area contributed by atoms with Crippen molar-refractivity contribution in [3.05, 3.63) is 29.8 Å². The molecule has 0 radical (unpaired) electrons. The lowest BCUT2D eigenvalue weighted by atomic mass is 9.97. The zero-order chi connectivity index (χ0) is 20.1. The number of carbonyl (C=O) groups excluding carboxylic acids is 1. The zero-order valence-electron chi connectivity index (χ0n) is 16.4. The molecule has 0 aromatic heterocycles. The van der Waals surface area contributed by atoms with Gasteiger partial charge in [0, 0.05) is 31.8 Å². The number of likely N-dealkylation sites (N-methyl/N-ethyl adjacent to an activating group) is 1. The van der Waals surface area contributed by atoms with Crippen molar-refractivity contribution in [1.82, 2.24) is 9.62 Å². The van der Waals surface area contributed by atoms with Crippen molar-refractivity contribution in [2.45, 2.75) is 43.5 Å². The standard InChI is InChI=1S/C20H28N4O3S/c1-2-23-11-5-7-18(23)15-22-20(25)16-9-12-24(13-10-16)28(26,27)19-8-4-3-6-17(19)14-21/h3-4,6,8,16,18H,2,5,7,9-13,15H2,1H3,(H,22,25)/p+1/t18-/m1/s1. The van der Waals surface area contributed by atoms with Crippen molar-refractivity contribution in [3.63, 3.8) is 0 Å². The third kappa shape index (κ3) is 4.37. The molecule has 2 heterocycles. The quantitative estimate of drug-likeness (QED) is 0.704. The molecule has 8 heteroatoms. The first-order chi connectivity index (χ1) is 13.5. The minimum Gasteiger partial charge on any atom is -0.350 e. The summed E-state index contributed by atoms with van der Waals surface area (Å²) in [5, 5.41) is 12.3. The predicted octanol–water partition coefficient (Wildman–Crippen LogP) is 0.142. The summed E-state index contributed by atoms with van der Waals surface area (Å²) in [5.41, 5.74) is 0.155. The van der Waals surface area contributed by atoms with Crippen molar-refractivity contribution in [2.75, 3.05) is 32.7 Å². The van der Waals surface area contributed by atoms with Gasteiger partial charge in [0.2, 0.25) is 15.9 Å². The number of hydrogen-bond acceptors (Lipinski definition) is 4. The maximum atomic E-state index is 12.9. The average Bonchev–Trinajstić information content (AvgIpc) is 3.19. The monoisotopic (exact) mass is 405 g/mol. The molecule has 2 saturated heterocycles. The van der Waals surface area contributed by atoms with Gasteiger partial charge in [0.1, 0.15) is 12.1 Å². The summed E-state index contributed by atoms with van der Waals surface area (Å²) in [6.45, 7) is 5.75. The fraction of sp³-hybridized carbons (Fsp3) is 0.600. The Bertz CT molecular complexity index is 841. The first-order valence-corrected chi connectivity index (χ1v) is 11.5. The number of nitriles is 1. The van der Waals surface area contributed by atoms with E-state index in [1.54, 1.807) is 17.0 Å². The van der Waals surface area contributed by atoms with Crippen LogP contribution in [0.2, 0.25) is 0 Å². The molecule has 3 rings (SSSR count). The lowest BCUT2D eigenvalue weighted by molar-refractivity contribution is -0.909. The lowest BCUT2D eigenvalue weighted by Crippen LogP contribution is -3.14. The van der Waals surface area contributed by atoms with Gasteiger partial charge in [0.05, 0.1) is 30.1 Å². The molecule has 1 aromatic rings. The van der Waals surface area contributed by atoms with E-state index in [1.807, 2.05) is 6.07 Å². The first kappa shape index (κ1) is 20.8. The van der Waals surface area contributed by atoms with Crippen LogP contribution >= 0.6 is 0 Å². The summed E-state index contributed by atoms with van der Waals surface area (Å²) < 4.78 is 27.2. The largest absolute Gasteiger partial charge is 0.350 e. The Morgan fingerprint density at radius 2 is 2.00 bits per heavy atom. The van der Waals surface area contributed by atoms with Crippen LogP contribution in [0.1, 0.15) is 38.2 Å². The zero-order valence-corrected chi connectivity index (χ0v) is 17.2. The molecule has 28 heavy (non-hydrogen) atoms. The van der Waals surface area contributed by atoms with Crippen LogP contribution in [0, 0.1) is 17.2 Å². The van der Waals surface area contributed by atoms with Gasteiger partial charge in [-0.05, 0) is 31.9 Å². The number of piperidine rings is 1. The Kier molecular flexibility index (Phi) is 6.70. The van der Waals surface area contributed by atoms with Crippen molar-refractivity contribution in [3.8, 4) is 6.07 Å². The molecule has 2 fully saturated rings. The van der Waals surface area contributed by atoms with Crippen LogP contribution < -0.4 is 10.2 Å². The number of quaternary nitrogens is 1. The molecule has 2 aliphatic heterocycles. The normalized spacial score (nSPS) is 24.0. The third-order valence-corrected chi connectivity index (χ3v) is 8.01. The maximum absolute atomic E-state index is 12.9. The van der Waals surface area contributed by atoms with Crippen LogP contribution in [0.15, 0.2) is 29.2 Å². The molecule has 7 nitrogen and oxygen atoms in total. The molecule has 1 aromatic carbocycles. The van der Waals surface area contributed by atoms with Gasteiger partial charge in [-0.15, -0.1) is 0 Å². The number of nitrogens with one attached hydrogen (secondary N) is 2. The molecule has 2 N–H and O–H groups in total. The average molecular weight is 406 g/mol. The van der Waals surface area contributed by atoms with Crippen LogP contribution in [-0.2, 0) is 14.8 Å². The summed E-state index contributed by atoms with van der Waals surface area (Å²) in [7, 11) is -3.71. The fourth-order valence-electron chi connectivity index (χ4n) is 4.35. The minimum atomic E-state index is -3.71. The molecule has 0 spiro atoms. The molecule has 0 saturated carbocycles. The molecule has 0 bridgehead atoms. The van der Waals surface area contributed by atoms with Gasteiger partial charge in [-0.2, -0.15) is 9.57 Å². The van der Waals surface area contributed by atoms with Gasteiger partial charge >= 0.3 is 0 Å². The lowest BCUT2D eigenvalue weighted by Gasteiger charge is -2.31. The highest BCUT2D eigenvalue weighted by atomic mass is 32.2. The van der Waals surface area contributed by atoms with E-state index in [4.69, 9.17) is 0 Å². The SMILES string of the molecule is CC[NH+]1CCC[C@@H]1CNC(=O)C1CCN(S(=O)(=O)c2ccccc2C#N)CC1. The summed E-state index contributed by atoms with van der Waals surface area (Å²) in [5.74, 6) is -0.110. The van der Waals surface area contributed by atoms with E-state index in [0.29, 0.717) is 38.5 Å². The summed E-state index contributed by atoms with van der Waals surface area (Å²) in [6.07, 6.45) is 3.38. The van der Waals surface area contributed by atoms with E-state index >= 15 is 0 Å². The Hall–Kier alpha value is -1.95. The predicted molar refractivity (Wildman–Crippen MR) is 105 cm³/mol. The molecule has 1 unspecified atom stereocenters. The highest BCUT2D eigenvalue weighted by molar-refractivity contribution is 7.89. The number of rotatable bonds is 6. The third-order valence-electron chi connectivity index (χ3n) is 6.05. The molecule has 0 aliphatic carbocycles. The van der Waals surface area contributed by atoms with Gasteiger partial charge in [-0.3, -0.25) is 4.79 Å². The molecule has 2 atom stereocenters. The number of nitrogens with zero attached hydrogens (tertiary/aromatic N) is 2. The maximum Gasteiger partial charge on any atom is 0.244 e. The van der Waals surface area contributed by atoms with E-state index in [1.165, 1.54) is 29.4 Å². The van der Waals surface area contributed by atoms with Crippen molar-refractivity contribution in [2.24, 2.45) is 5.92 Å². The summed E-state index contributed by atoms with van der Waals surface area (Å²) in [6, 6.07) is 8.70. The molecule has 2 aliphatic rings. The second-order valence-corrected chi connectivity index (χ2v) is 9.54. The van der Waals surface area contributed by atoms with Crippen LogP contribution in [0.5, 0.6) is 0 Å². The second kappa shape index (κ2) is 9.03.